The van der Waals surface area contributed by atoms with Crippen molar-refractivity contribution in [1.82, 2.24) is 10.2 Å². The highest BCUT2D eigenvalue weighted by Crippen LogP contribution is 2.44. The maximum atomic E-state index is 14.0. The largest absolute Gasteiger partial charge is 0.503 e. The predicted molar refractivity (Wildman–Crippen MR) is 141 cm³/mol. The van der Waals surface area contributed by atoms with Gasteiger partial charge >= 0.3 is 0 Å². The molecule has 5 rings (SSSR count). The van der Waals surface area contributed by atoms with Crippen LogP contribution in [-0.2, 0) is 10.5 Å². The molecule has 1 unspecified atom stereocenters. The molecule has 3 heterocycles. The number of halogens is 1. The van der Waals surface area contributed by atoms with Gasteiger partial charge in [0.05, 0.1) is 24.5 Å². The molecule has 1 atom stereocenters. The van der Waals surface area contributed by atoms with Gasteiger partial charge in [-0.2, -0.15) is 0 Å². The van der Waals surface area contributed by atoms with Crippen molar-refractivity contribution >= 4 is 39.9 Å². The summed E-state index contributed by atoms with van der Waals surface area (Å²) < 4.78 is 25.6. The van der Waals surface area contributed by atoms with E-state index in [4.69, 9.17) is 9.15 Å². The zero-order valence-electron chi connectivity index (χ0n) is 20.2. The number of ketones is 1. The fourth-order valence-electron chi connectivity index (χ4n) is 4.00. The Hall–Kier alpha value is -3.96. The second-order valence-corrected chi connectivity index (χ2v) is 10.5. The van der Waals surface area contributed by atoms with E-state index in [9.17, 15) is 19.1 Å². The van der Waals surface area contributed by atoms with E-state index in [-0.39, 0.29) is 22.3 Å². The summed E-state index contributed by atoms with van der Waals surface area (Å²) >= 11 is 2.38. The van der Waals surface area contributed by atoms with Gasteiger partial charge in [0.25, 0.3) is 5.91 Å². The lowest BCUT2D eigenvalue weighted by molar-refractivity contribution is -0.117. The van der Waals surface area contributed by atoms with Gasteiger partial charge in [0.2, 0.25) is 10.9 Å². The summed E-state index contributed by atoms with van der Waals surface area (Å²) in [6.07, 6.45) is 2.15. The fourth-order valence-corrected chi connectivity index (χ4v) is 5.85. The van der Waals surface area contributed by atoms with Crippen molar-refractivity contribution < 1.29 is 28.2 Å². The van der Waals surface area contributed by atoms with Crippen LogP contribution in [0.1, 0.15) is 41.1 Å². The topological polar surface area (TPSA) is 106 Å². The molecule has 194 valence electrons. The Morgan fingerprint density at radius 2 is 2.03 bits per heavy atom. The number of hydrogen-bond donors (Lipinski definition) is 1. The van der Waals surface area contributed by atoms with Crippen LogP contribution in [0.2, 0.25) is 0 Å². The Morgan fingerprint density at radius 1 is 1.18 bits per heavy atom. The third-order valence-corrected chi connectivity index (χ3v) is 7.86. The van der Waals surface area contributed by atoms with Crippen molar-refractivity contribution in [3.8, 4) is 5.75 Å². The molecule has 4 aromatic rings. The SMILES string of the molecule is CCCOc1cccc(C2C(C(=O)c3ccco3)=C(O)C(=O)N2c2nnc(SCc3ccccc3F)s2)c1. The van der Waals surface area contributed by atoms with Crippen LogP contribution >= 0.6 is 23.1 Å². The lowest BCUT2D eigenvalue weighted by atomic mass is 9.95. The Labute approximate surface area is 225 Å². The summed E-state index contributed by atoms with van der Waals surface area (Å²) in [5, 5.41) is 19.4. The van der Waals surface area contributed by atoms with E-state index in [0.29, 0.717) is 33.6 Å². The number of carbonyl (C=O) groups is 2. The van der Waals surface area contributed by atoms with Crippen LogP contribution in [0.25, 0.3) is 0 Å². The van der Waals surface area contributed by atoms with Gasteiger partial charge in [-0.05, 0) is 47.9 Å². The van der Waals surface area contributed by atoms with Gasteiger partial charge in [-0.3, -0.25) is 14.5 Å². The molecule has 0 saturated carbocycles. The van der Waals surface area contributed by atoms with E-state index in [1.807, 2.05) is 6.92 Å². The molecule has 8 nitrogen and oxygen atoms in total. The van der Waals surface area contributed by atoms with Crippen molar-refractivity contribution in [2.45, 2.75) is 29.5 Å². The van der Waals surface area contributed by atoms with Gasteiger partial charge in [-0.15, -0.1) is 10.2 Å². The van der Waals surface area contributed by atoms with Crippen LogP contribution in [0.3, 0.4) is 0 Å². The highest BCUT2D eigenvalue weighted by Gasteiger charge is 2.46. The smallest absolute Gasteiger partial charge is 0.296 e. The normalized spacial score (nSPS) is 15.4. The van der Waals surface area contributed by atoms with Crippen molar-refractivity contribution in [2.75, 3.05) is 11.5 Å². The van der Waals surface area contributed by atoms with Crippen molar-refractivity contribution in [3.63, 3.8) is 0 Å². The zero-order valence-corrected chi connectivity index (χ0v) is 21.8. The number of Topliss-reactive ketones (excluding diaryl/α,β-unsaturated/α-hetero) is 1. The number of furan rings is 1. The van der Waals surface area contributed by atoms with Crippen LogP contribution in [-0.4, -0.2) is 33.6 Å². The number of nitrogens with zero attached hydrogens (tertiary/aromatic N) is 3. The monoisotopic (exact) mass is 551 g/mol. The molecule has 1 N–H and O–H groups in total. The predicted octanol–water partition coefficient (Wildman–Crippen LogP) is 6.13. The average Bonchev–Trinajstić information content (AvgIpc) is 3.68. The summed E-state index contributed by atoms with van der Waals surface area (Å²) in [4.78, 5) is 28.0. The Kier molecular flexibility index (Phi) is 7.57. The number of aliphatic hydroxyl groups excluding tert-OH is 1. The number of aliphatic hydroxyl groups is 1. The quantitative estimate of drug-likeness (QED) is 0.142. The maximum absolute atomic E-state index is 14.0. The molecule has 0 saturated heterocycles. The van der Waals surface area contributed by atoms with E-state index in [0.717, 1.165) is 17.8 Å². The molecule has 0 fully saturated rings. The number of anilines is 1. The summed E-state index contributed by atoms with van der Waals surface area (Å²) in [6, 6.07) is 15.5. The molecule has 1 amide bonds. The first-order valence-corrected chi connectivity index (χ1v) is 13.6. The zero-order chi connectivity index (χ0) is 26.6. The molecule has 38 heavy (non-hydrogen) atoms. The minimum Gasteiger partial charge on any atom is -0.503 e. The fraction of sp³-hybridized carbons (Fsp3) is 0.185. The number of ether oxygens (including phenoxy) is 1. The number of benzene rings is 2. The van der Waals surface area contributed by atoms with Crippen LogP contribution in [0.5, 0.6) is 5.75 Å². The van der Waals surface area contributed by atoms with Gasteiger partial charge in [0, 0.05) is 5.75 Å². The lowest BCUT2D eigenvalue weighted by Gasteiger charge is -2.24. The Balaban J connectivity index is 1.50. The molecule has 2 aromatic heterocycles. The second kappa shape index (κ2) is 11.2. The van der Waals surface area contributed by atoms with Crippen molar-refractivity contribution in [1.29, 1.82) is 0 Å². The van der Waals surface area contributed by atoms with Gasteiger partial charge < -0.3 is 14.3 Å². The number of thioether (sulfide) groups is 1. The van der Waals surface area contributed by atoms with Gasteiger partial charge in [-0.25, -0.2) is 4.39 Å². The first kappa shape index (κ1) is 25.7. The number of carbonyl (C=O) groups excluding carboxylic acids is 2. The molecular weight excluding hydrogens is 529 g/mol. The number of hydrogen-bond acceptors (Lipinski definition) is 9. The standard InChI is InChI=1S/C27H22FN3O5S2/c1-2-12-35-18-9-5-8-16(14-18)22-21(23(32)20-11-6-13-36-20)24(33)25(34)31(22)26-29-30-27(38-26)37-15-17-7-3-4-10-19(17)28/h3-11,13-14,22,33H,2,12,15H2,1H3. The Bertz CT molecular complexity index is 1500. The van der Waals surface area contributed by atoms with E-state index in [2.05, 4.69) is 10.2 Å². The van der Waals surface area contributed by atoms with E-state index in [1.165, 1.54) is 35.1 Å². The highest BCUT2D eigenvalue weighted by atomic mass is 32.2. The summed E-state index contributed by atoms with van der Waals surface area (Å²) in [6.45, 7) is 2.48. The summed E-state index contributed by atoms with van der Waals surface area (Å²) in [5.41, 5.74) is 0.925. The number of aromatic nitrogens is 2. The lowest BCUT2D eigenvalue weighted by Crippen LogP contribution is -2.31. The Morgan fingerprint density at radius 3 is 2.79 bits per heavy atom. The third-order valence-electron chi connectivity index (χ3n) is 5.76. The molecule has 11 heteroatoms. The first-order chi connectivity index (χ1) is 18.5. The minimum absolute atomic E-state index is 0.0111. The number of rotatable bonds is 10. The molecule has 2 aromatic carbocycles. The number of amides is 1. The first-order valence-electron chi connectivity index (χ1n) is 11.7. The minimum atomic E-state index is -0.998. The molecule has 1 aliphatic rings. The average molecular weight is 552 g/mol. The van der Waals surface area contributed by atoms with Crippen LogP contribution in [0.15, 0.2) is 87.0 Å². The van der Waals surface area contributed by atoms with Crippen LogP contribution in [0.4, 0.5) is 9.52 Å². The van der Waals surface area contributed by atoms with Gasteiger partial charge in [-0.1, -0.05) is 60.4 Å². The second-order valence-electron chi connectivity index (χ2n) is 8.30. The third kappa shape index (κ3) is 5.07. The summed E-state index contributed by atoms with van der Waals surface area (Å²) in [7, 11) is 0. The molecule has 0 spiro atoms. The van der Waals surface area contributed by atoms with Crippen molar-refractivity contribution in [3.05, 3.63) is 101 Å². The van der Waals surface area contributed by atoms with Gasteiger partial charge in [0.1, 0.15) is 11.6 Å². The van der Waals surface area contributed by atoms with E-state index < -0.39 is 23.5 Å². The molecule has 0 aliphatic carbocycles. The van der Waals surface area contributed by atoms with Crippen LogP contribution < -0.4 is 9.64 Å². The van der Waals surface area contributed by atoms with E-state index >= 15 is 0 Å². The van der Waals surface area contributed by atoms with Crippen LogP contribution in [0, 0.1) is 5.82 Å². The molecule has 0 bridgehead atoms. The summed E-state index contributed by atoms with van der Waals surface area (Å²) in [5.74, 6) is -1.54. The molecule has 1 aliphatic heterocycles. The highest BCUT2D eigenvalue weighted by molar-refractivity contribution is 8.00. The maximum Gasteiger partial charge on any atom is 0.296 e. The van der Waals surface area contributed by atoms with Crippen molar-refractivity contribution in [2.24, 2.45) is 0 Å². The molecule has 0 radical (unpaired) electrons. The molecular formula is C27H22FN3O5S2. The van der Waals surface area contributed by atoms with Gasteiger partial charge in [0.15, 0.2) is 15.9 Å². The van der Waals surface area contributed by atoms with E-state index in [1.54, 1.807) is 48.5 Å².